The summed E-state index contributed by atoms with van der Waals surface area (Å²) in [7, 11) is 0. The number of hydrogen-bond acceptors (Lipinski definition) is 8. The number of anilines is 1. The molecule has 2 saturated heterocycles. The second kappa shape index (κ2) is 8.24. The lowest BCUT2D eigenvalue weighted by Crippen LogP contribution is -2.49. The number of ether oxygens (including phenoxy) is 1. The van der Waals surface area contributed by atoms with Gasteiger partial charge in [0.05, 0.1) is 13.2 Å². The molecule has 2 aliphatic rings. The lowest BCUT2D eigenvalue weighted by Gasteiger charge is -2.40. The van der Waals surface area contributed by atoms with Crippen molar-refractivity contribution >= 4 is 28.6 Å². The predicted molar refractivity (Wildman–Crippen MR) is 114 cm³/mol. The smallest absolute Gasteiger partial charge is 0.225 e. The number of thiazole rings is 1. The highest BCUT2D eigenvalue weighted by Gasteiger charge is 2.27. The third-order valence-corrected chi connectivity index (χ3v) is 7.19. The largest absolute Gasteiger partial charge is 0.379 e. The summed E-state index contributed by atoms with van der Waals surface area (Å²) in [6, 6.07) is 4.84. The van der Waals surface area contributed by atoms with Gasteiger partial charge < -0.3 is 9.64 Å². The van der Waals surface area contributed by atoms with Crippen LogP contribution in [0.4, 0.5) is 5.95 Å². The summed E-state index contributed by atoms with van der Waals surface area (Å²) >= 11 is 3.34. The summed E-state index contributed by atoms with van der Waals surface area (Å²) < 4.78 is 5.50. The van der Waals surface area contributed by atoms with E-state index in [9.17, 15) is 0 Å². The number of aromatic nitrogens is 3. The van der Waals surface area contributed by atoms with E-state index in [2.05, 4.69) is 32.3 Å². The molecule has 0 aliphatic carbocycles. The SMILES string of the molecule is c1csc(-c2cnc(N3CCC(N4CCOCC4)CC3)nc2-c2nccs2)c1. The molecule has 0 atom stereocenters. The van der Waals surface area contributed by atoms with Crippen LogP contribution in [-0.4, -0.2) is 65.3 Å². The Morgan fingerprint density at radius 2 is 1.86 bits per heavy atom. The van der Waals surface area contributed by atoms with Gasteiger partial charge in [-0.25, -0.2) is 15.0 Å². The molecule has 0 spiro atoms. The summed E-state index contributed by atoms with van der Waals surface area (Å²) in [5.74, 6) is 0.825. The molecule has 5 rings (SSSR count). The second-order valence-corrected chi connectivity index (χ2v) is 8.96. The molecule has 2 fully saturated rings. The van der Waals surface area contributed by atoms with E-state index >= 15 is 0 Å². The minimum atomic E-state index is 0.656. The zero-order valence-corrected chi connectivity index (χ0v) is 17.3. The average molecular weight is 414 g/mol. The molecule has 8 heteroatoms. The molecule has 3 aromatic heterocycles. The third-order valence-electron chi connectivity index (χ3n) is 5.51. The Balaban J connectivity index is 1.37. The van der Waals surface area contributed by atoms with Crippen LogP contribution in [0.1, 0.15) is 12.8 Å². The average Bonchev–Trinajstić information content (AvgIpc) is 3.48. The van der Waals surface area contributed by atoms with Gasteiger partial charge in [-0.2, -0.15) is 0 Å². The highest BCUT2D eigenvalue weighted by Crippen LogP contribution is 2.35. The number of nitrogens with zero attached hydrogens (tertiary/aromatic N) is 5. The summed E-state index contributed by atoms with van der Waals surface area (Å²) in [5.41, 5.74) is 2.01. The summed E-state index contributed by atoms with van der Waals surface area (Å²) in [6.45, 7) is 5.85. The topological polar surface area (TPSA) is 54.4 Å². The van der Waals surface area contributed by atoms with Crippen LogP contribution in [0.3, 0.4) is 0 Å². The third kappa shape index (κ3) is 3.69. The number of piperidine rings is 1. The van der Waals surface area contributed by atoms with Gasteiger partial charge in [-0.15, -0.1) is 22.7 Å². The highest BCUT2D eigenvalue weighted by molar-refractivity contribution is 7.14. The van der Waals surface area contributed by atoms with Gasteiger partial charge in [-0.05, 0) is 24.3 Å². The molecule has 0 bridgehead atoms. The summed E-state index contributed by atoms with van der Waals surface area (Å²) in [5, 5.41) is 5.05. The van der Waals surface area contributed by atoms with Crippen LogP contribution >= 0.6 is 22.7 Å². The minimum Gasteiger partial charge on any atom is -0.379 e. The van der Waals surface area contributed by atoms with Crippen LogP contribution in [0.5, 0.6) is 0 Å². The van der Waals surface area contributed by atoms with Crippen molar-refractivity contribution in [3.63, 3.8) is 0 Å². The van der Waals surface area contributed by atoms with Crippen molar-refractivity contribution < 1.29 is 4.74 Å². The molecule has 146 valence electrons. The van der Waals surface area contributed by atoms with Crippen LogP contribution in [-0.2, 0) is 4.74 Å². The molecule has 0 N–H and O–H groups in total. The molecule has 0 amide bonds. The van der Waals surface area contributed by atoms with Gasteiger partial charge in [0.25, 0.3) is 0 Å². The first kappa shape index (κ1) is 18.2. The van der Waals surface area contributed by atoms with E-state index in [1.165, 1.54) is 4.88 Å². The van der Waals surface area contributed by atoms with Crippen molar-refractivity contribution in [2.24, 2.45) is 0 Å². The van der Waals surface area contributed by atoms with Crippen molar-refractivity contribution in [3.05, 3.63) is 35.3 Å². The maximum atomic E-state index is 5.50. The van der Waals surface area contributed by atoms with E-state index in [1.54, 1.807) is 22.7 Å². The van der Waals surface area contributed by atoms with Gasteiger partial charge in [-0.3, -0.25) is 4.90 Å². The van der Waals surface area contributed by atoms with Gasteiger partial charge in [0.1, 0.15) is 10.7 Å². The van der Waals surface area contributed by atoms with Crippen LogP contribution in [0.25, 0.3) is 21.1 Å². The maximum absolute atomic E-state index is 5.50. The van der Waals surface area contributed by atoms with Gasteiger partial charge >= 0.3 is 0 Å². The van der Waals surface area contributed by atoms with E-state index in [0.29, 0.717) is 6.04 Å². The molecule has 0 unspecified atom stereocenters. The first-order valence-electron chi connectivity index (χ1n) is 9.76. The summed E-state index contributed by atoms with van der Waals surface area (Å²) in [4.78, 5) is 20.3. The zero-order valence-electron chi connectivity index (χ0n) is 15.7. The molecule has 0 saturated carbocycles. The van der Waals surface area contributed by atoms with Gasteiger partial charge in [0.15, 0.2) is 0 Å². The Hall–Kier alpha value is -1.87. The lowest BCUT2D eigenvalue weighted by atomic mass is 10.0. The zero-order chi connectivity index (χ0) is 18.8. The van der Waals surface area contributed by atoms with Crippen LogP contribution in [0.2, 0.25) is 0 Å². The van der Waals surface area contributed by atoms with Crippen molar-refractivity contribution in [1.82, 2.24) is 19.9 Å². The molecule has 3 aromatic rings. The normalized spacial score (nSPS) is 19.2. The molecule has 0 aromatic carbocycles. The molecular formula is C20H23N5OS2. The lowest BCUT2D eigenvalue weighted by molar-refractivity contribution is 0.0114. The van der Waals surface area contributed by atoms with Crippen LogP contribution < -0.4 is 4.90 Å². The van der Waals surface area contributed by atoms with E-state index < -0.39 is 0 Å². The van der Waals surface area contributed by atoms with Gasteiger partial charge in [-0.1, -0.05) is 6.07 Å². The molecule has 5 heterocycles. The monoisotopic (exact) mass is 413 g/mol. The molecule has 6 nitrogen and oxygen atoms in total. The van der Waals surface area contributed by atoms with Crippen molar-refractivity contribution in [3.8, 4) is 21.1 Å². The maximum Gasteiger partial charge on any atom is 0.225 e. The second-order valence-electron chi connectivity index (χ2n) is 7.11. The highest BCUT2D eigenvalue weighted by atomic mass is 32.1. The number of morpholine rings is 1. The quantitative estimate of drug-likeness (QED) is 0.651. The minimum absolute atomic E-state index is 0.656. The molecule has 2 aliphatic heterocycles. The Labute approximate surface area is 172 Å². The van der Waals surface area contributed by atoms with Crippen LogP contribution in [0.15, 0.2) is 35.3 Å². The van der Waals surface area contributed by atoms with E-state index in [1.807, 2.05) is 17.8 Å². The first-order valence-corrected chi connectivity index (χ1v) is 11.5. The summed E-state index contributed by atoms with van der Waals surface area (Å²) in [6.07, 6.45) is 6.12. The Kier molecular flexibility index (Phi) is 5.35. The molecular weight excluding hydrogens is 390 g/mol. The number of thiophene rings is 1. The number of rotatable bonds is 4. The fraction of sp³-hybridized carbons (Fsp3) is 0.450. The van der Waals surface area contributed by atoms with E-state index in [4.69, 9.17) is 14.7 Å². The van der Waals surface area contributed by atoms with Crippen molar-refractivity contribution in [2.75, 3.05) is 44.3 Å². The first-order chi connectivity index (χ1) is 13.9. The standard InChI is InChI=1S/C20H23N5OS2/c1-2-17(27-12-1)16-14-22-20(23-18(16)19-21-5-13-28-19)25-6-3-15(4-7-25)24-8-10-26-11-9-24/h1-2,5,12-15H,3-4,6-11H2. The van der Waals surface area contributed by atoms with Crippen molar-refractivity contribution in [2.45, 2.75) is 18.9 Å². The molecule has 0 radical (unpaired) electrons. The Morgan fingerprint density at radius 1 is 1.00 bits per heavy atom. The fourth-order valence-corrected chi connectivity index (χ4v) is 5.39. The number of hydrogen-bond donors (Lipinski definition) is 0. The Morgan fingerprint density at radius 3 is 2.57 bits per heavy atom. The predicted octanol–water partition coefficient (Wildman–Crippen LogP) is 3.63. The van der Waals surface area contributed by atoms with E-state index in [0.717, 1.165) is 74.4 Å². The Bertz CT molecular complexity index is 885. The van der Waals surface area contributed by atoms with Gasteiger partial charge in [0, 0.05) is 60.4 Å². The fourth-order valence-electron chi connectivity index (χ4n) is 4.01. The van der Waals surface area contributed by atoms with Gasteiger partial charge in [0.2, 0.25) is 5.95 Å². The van der Waals surface area contributed by atoms with Crippen molar-refractivity contribution in [1.29, 1.82) is 0 Å². The van der Waals surface area contributed by atoms with Crippen LogP contribution in [0, 0.1) is 0 Å². The van der Waals surface area contributed by atoms with E-state index in [-0.39, 0.29) is 0 Å². The molecule has 28 heavy (non-hydrogen) atoms.